The van der Waals surface area contributed by atoms with Crippen LogP contribution in [0.15, 0.2) is 29.4 Å². The SMILES string of the molecule is CC1CCN(c2nnc(SCc3ccccc3OC(F)F)n2C2CC2)CC1. The fourth-order valence-corrected chi connectivity index (χ4v) is 4.41. The van der Waals surface area contributed by atoms with Gasteiger partial charge < -0.3 is 9.64 Å². The van der Waals surface area contributed by atoms with Gasteiger partial charge in [-0.1, -0.05) is 36.9 Å². The van der Waals surface area contributed by atoms with Gasteiger partial charge in [-0.25, -0.2) is 0 Å². The van der Waals surface area contributed by atoms with Crippen molar-refractivity contribution in [3.8, 4) is 5.75 Å². The summed E-state index contributed by atoms with van der Waals surface area (Å²) in [5, 5.41) is 9.76. The molecule has 2 aromatic rings. The van der Waals surface area contributed by atoms with Gasteiger partial charge in [0.1, 0.15) is 5.75 Å². The van der Waals surface area contributed by atoms with Crippen LogP contribution in [0.1, 0.15) is 44.2 Å². The summed E-state index contributed by atoms with van der Waals surface area (Å²) in [6.07, 6.45) is 4.65. The van der Waals surface area contributed by atoms with Crippen LogP contribution in [-0.2, 0) is 5.75 Å². The number of halogens is 2. The smallest absolute Gasteiger partial charge is 0.387 e. The number of nitrogens with zero attached hydrogens (tertiary/aromatic N) is 4. The number of hydrogen-bond donors (Lipinski definition) is 0. The maximum atomic E-state index is 12.6. The Balaban J connectivity index is 1.50. The zero-order chi connectivity index (χ0) is 18.8. The van der Waals surface area contributed by atoms with Gasteiger partial charge >= 0.3 is 6.61 Å². The van der Waals surface area contributed by atoms with E-state index in [-0.39, 0.29) is 5.75 Å². The average molecular weight is 394 g/mol. The number of aromatic nitrogens is 3. The van der Waals surface area contributed by atoms with E-state index in [1.165, 1.54) is 24.6 Å². The van der Waals surface area contributed by atoms with Crippen LogP contribution in [0.25, 0.3) is 0 Å². The van der Waals surface area contributed by atoms with Crippen LogP contribution in [0, 0.1) is 5.92 Å². The van der Waals surface area contributed by atoms with Crippen LogP contribution in [0.4, 0.5) is 14.7 Å². The third-order valence-electron chi connectivity index (χ3n) is 5.17. The normalized spacial score (nSPS) is 18.3. The molecule has 146 valence electrons. The molecule has 0 spiro atoms. The predicted molar refractivity (Wildman–Crippen MR) is 102 cm³/mol. The highest BCUT2D eigenvalue weighted by molar-refractivity contribution is 7.98. The lowest BCUT2D eigenvalue weighted by molar-refractivity contribution is -0.0503. The van der Waals surface area contributed by atoms with Gasteiger partial charge in [0.15, 0.2) is 5.16 Å². The van der Waals surface area contributed by atoms with Crippen LogP contribution < -0.4 is 9.64 Å². The monoisotopic (exact) mass is 394 g/mol. The number of benzene rings is 1. The summed E-state index contributed by atoms with van der Waals surface area (Å²) in [6.45, 7) is 1.51. The van der Waals surface area contributed by atoms with Crippen LogP contribution >= 0.6 is 11.8 Å². The van der Waals surface area contributed by atoms with E-state index in [1.54, 1.807) is 12.1 Å². The molecule has 0 bridgehead atoms. The molecule has 2 aliphatic rings. The molecular formula is C19H24F2N4OS. The highest BCUT2D eigenvalue weighted by Crippen LogP contribution is 2.42. The topological polar surface area (TPSA) is 43.2 Å². The second-order valence-corrected chi connectivity index (χ2v) is 8.27. The van der Waals surface area contributed by atoms with Crippen molar-refractivity contribution in [3.05, 3.63) is 29.8 Å². The molecule has 0 radical (unpaired) electrons. The van der Waals surface area contributed by atoms with Gasteiger partial charge in [0.2, 0.25) is 5.95 Å². The molecule has 0 amide bonds. The lowest BCUT2D eigenvalue weighted by Gasteiger charge is -2.31. The molecule has 8 heteroatoms. The maximum absolute atomic E-state index is 12.6. The molecule has 1 aliphatic carbocycles. The molecule has 27 heavy (non-hydrogen) atoms. The van der Waals surface area contributed by atoms with Gasteiger partial charge in [0.05, 0.1) is 0 Å². The first-order valence-corrected chi connectivity index (χ1v) is 10.5. The van der Waals surface area contributed by atoms with Crippen molar-refractivity contribution in [1.29, 1.82) is 0 Å². The van der Waals surface area contributed by atoms with Crippen LogP contribution in [0.3, 0.4) is 0 Å². The van der Waals surface area contributed by atoms with Crippen molar-refractivity contribution in [1.82, 2.24) is 14.8 Å². The molecule has 1 aromatic heterocycles. The number of para-hydroxylation sites is 1. The molecule has 0 N–H and O–H groups in total. The Morgan fingerprint density at radius 1 is 1.15 bits per heavy atom. The van der Waals surface area contributed by atoms with Gasteiger partial charge in [-0.2, -0.15) is 8.78 Å². The third-order valence-corrected chi connectivity index (χ3v) is 6.16. The summed E-state index contributed by atoms with van der Waals surface area (Å²) < 4.78 is 32.1. The zero-order valence-electron chi connectivity index (χ0n) is 15.4. The summed E-state index contributed by atoms with van der Waals surface area (Å²) >= 11 is 1.53. The number of hydrogen-bond acceptors (Lipinski definition) is 5. The summed E-state index contributed by atoms with van der Waals surface area (Å²) in [4.78, 5) is 2.34. The Kier molecular flexibility index (Phi) is 5.52. The Hall–Kier alpha value is -1.83. The highest BCUT2D eigenvalue weighted by atomic mass is 32.2. The van der Waals surface area contributed by atoms with Gasteiger partial charge in [-0.05, 0) is 37.7 Å². The molecule has 5 nitrogen and oxygen atoms in total. The zero-order valence-corrected chi connectivity index (χ0v) is 16.2. The summed E-state index contributed by atoms with van der Waals surface area (Å²) in [5.74, 6) is 2.47. The van der Waals surface area contributed by atoms with Crippen LogP contribution in [0.5, 0.6) is 5.75 Å². The molecule has 1 saturated heterocycles. The summed E-state index contributed by atoms with van der Waals surface area (Å²) in [7, 11) is 0. The molecule has 0 unspecified atom stereocenters. The van der Waals surface area contributed by atoms with Crippen molar-refractivity contribution < 1.29 is 13.5 Å². The first kappa shape index (κ1) is 18.5. The Morgan fingerprint density at radius 2 is 1.89 bits per heavy atom. The van der Waals surface area contributed by atoms with Gasteiger partial charge in [-0.3, -0.25) is 4.57 Å². The van der Waals surface area contributed by atoms with Crippen LogP contribution in [-0.4, -0.2) is 34.5 Å². The summed E-state index contributed by atoms with van der Waals surface area (Å²) in [5.41, 5.74) is 0.737. The first-order valence-electron chi connectivity index (χ1n) is 9.47. The second kappa shape index (κ2) is 8.04. The average Bonchev–Trinajstić information content (AvgIpc) is 3.41. The fourth-order valence-electron chi connectivity index (χ4n) is 3.42. The standard InChI is InChI=1S/C19H24F2N4OS/c1-13-8-10-24(11-9-13)18-22-23-19(25(18)15-6-7-15)27-12-14-4-2-3-5-16(14)26-17(20)21/h2-5,13,15,17H,6-12H2,1H3. The van der Waals surface area contributed by atoms with Crippen molar-refractivity contribution in [3.63, 3.8) is 0 Å². The quantitative estimate of drug-likeness (QED) is 0.635. The molecule has 2 heterocycles. The number of thioether (sulfide) groups is 1. The van der Waals surface area contributed by atoms with Gasteiger partial charge in [0.25, 0.3) is 0 Å². The minimum absolute atomic E-state index is 0.225. The summed E-state index contributed by atoms with van der Waals surface area (Å²) in [6, 6.07) is 7.39. The fraction of sp³-hybridized carbons (Fsp3) is 0.579. The minimum Gasteiger partial charge on any atom is -0.435 e. The molecular weight excluding hydrogens is 370 g/mol. The Labute approximate surface area is 162 Å². The largest absolute Gasteiger partial charge is 0.435 e. The lowest BCUT2D eigenvalue weighted by atomic mass is 10.00. The Bertz CT molecular complexity index is 773. The molecule has 0 atom stereocenters. The van der Waals surface area contributed by atoms with E-state index in [0.717, 1.165) is 48.5 Å². The molecule has 2 fully saturated rings. The van der Waals surface area contributed by atoms with Gasteiger partial charge in [-0.15, -0.1) is 10.2 Å². The minimum atomic E-state index is -2.82. The number of alkyl halides is 2. The number of rotatable bonds is 7. The third kappa shape index (κ3) is 4.36. The molecule has 4 rings (SSSR count). The number of anilines is 1. The van der Waals surface area contributed by atoms with E-state index >= 15 is 0 Å². The molecule has 1 aromatic carbocycles. The van der Waals surface area contributed by atoms with Gasteiger partial charge in [0, 0.05) is 30.4 Å². The van der Waals surface area contributed by atoms with E-state index < -0.39 is 6.61 Å². The lowest BCUT2D eigenvalue weighted by Crippen LogP contribution is -2.34. The van der Waals surface area contributed by atoms with Crippen molar-refractivity contribution in [2.75, 3.05) is 18.0 Å². The molecule has 1 aliphatic heterocycles. The van der Waals surface area contributed by atoms with E-state index in [2.05, 4.69) is 31.3 Å². The second-order valence-electron chi connectivity index (χ2n) is 7.33. The van der Waals surface area contributed by atoms with E-state index in [9.17, 15) is 8.78 Å². The first-order chi connectivity index (χ1) is 13.1. The van der Waals surface area contributed by atoms with E-state index in [4.69, 9.17) is 0 Å². The predicted octanol–water partition coefficient (Wildman–Crippen LogP) is 4.74. The number of ether oxygens (including phenoxy) is 1. The highest BCUT2D eigenvalue weighted by Gasteiger charge is 2.32. The van der Waals surface area contributed by atoms with Crippen molar-refractivity contribution in [2.24, 2.45) is 5.92 Å². The maximum Gasteiger partial charge on any atom is 0.387 e. The van der Waals surface area contributed by atoms with E-state index in [1.807, 2.05) is 12.1 Å². The van der Waals surface area contributed by atoms with Crippen molar-refractivity contribution >= 4 is 17.7 Å². The molecule has 1 saturated carbocycles. The number of piperidine rings is 1. The van der Waals surface area contributed by atoms with Crippen LogP contribution in [0.2, 0.25) is 0 Å². The Morgan fingerprint density at radius 3 is 2.59 bits per heavy atom. The van der Waals surface area contributed by atoms with Crippen molar-refractivity contribution in [2.45, 2.75) is 56.2 Å². The van der Waals surface area contributed by atoms with E-state index in [0.29, 0.717) is 11.8 Å².